The highest BCUT2D eigenvalue weighted by Crippen LogP contribution is 2.19. The van der Waals surface area contributed by atoms with Gasteiger partial charge >= 0.3 is 5.97 Å². The van der Waals surface area contributed by atoms with Gasteiger partial charge in [-0.3, -0.25) is 0 Å². The van der Waals surface area contributed by atoms with Gasteiger partial charge in [0.05, 0.1) is 7.11 Å². The molecule has 0 bridgehead atoms. The Morgan fingerprint density at radius 3 is 2.44 bits per heavy atom. The van der Waals surface area contributed by atoms with Crippen LogP contribution in [0.3, 0.4) is 0 Å². The summed E-state index contributed by atoms with van der Waals surface area (Å²) in [6, 6.07) is 0. The predicted octanol–water partition coefficient (Wildman–Crippen LogP) is 1.34. The van der Waals surface area contributed by atoms with E-state index in [2.05, 4.69) is 14.7 Å². The fourth-order valence-electron chi connectivity index (χ4n) is 1.35. The second-order valence-electron chi connectivity index (χ2n) is 3.89. The molecular formula is C10H14N2O4S2. The molecule has 18 heavy (non-hydrogen) atoms. The summed E-state index contributed by atoms with van der Waals surface area (Å²) in [7, 11) is -2.04. The Kier molecular flexibility index (Phi) is 4.23. The number of carbonyl (C=O) groups is 1. The first-order valence-electron chi connectivity index (χ1n) is 5.06. The van der Waals surface area contributed by atoms with Crippen molar-refractivity contribution in [3.05, 3.63) is 21.7 Å². The van der Waals surface area contributed by atoms with Crippen LogP contribution in [0, 0.1) is 11.6 Å². The zero-order valence-corrected chi connectivity index (χ0v) is 12.1. The number of rotatable bonds is 3. The van der Waals surface area contributed by atoms with Gasteiger partial charge in [0.25, 0.3) is 0 Å². The number of nitrogens with zero attached hydrogens (tertiary/aromatic N) is 1. The van der Waals surface area contributed by atoms with E-state index in [1.54, 1.807) is 6.92 Å². The van der Waals surface area contributed by atoms with Crippen LogP contribution in [0.25, 0.3) is 0 Å². The van der Waals surface area contributed by atoms with E-state index in [1.165, 1.54) is 14.0 Å². The Hall–Kier alpha value is -1.28. The number of hydrogen-bond donors (Lipinski definition) is 1. The van der Waals surface area contributed by atoms with E-state index < -0.39 is 21.1 Å². The molecule has 1 aromatic heterocycles. The molecular weight excluding hydrogens is 276 g/mol. The molecule has 0 spiro atoms. The molecule has 1 aromatic rings. The summed E-state index contributed by atoms with van der Waals surface area (Å²) in [5, 5.41) is -0.815. The summed E-state index contributed by atoms with van der Waals surface area (Å²) in [5.74, 6) is -0.382. The highest BCUT2D eigenvalue weighted by Gasteiger charge is 2.22. The van der Waals surface area contributed by atoms with Crippen LogP contribution >= 0.6 is 12.2 Å². The van der Waals surface area contributed by atoms with Crippen LogP contribution in [-0.2, 0) is 14.6 Å². The Morgan fingerprint density at radius 2 is 2.06 bits per heavy atom. The fourth-order valence-corrected chi connectivity index (χ4v) is 2.20. The number of aromatic nitrogens is 2. The lowest BCUT2D eigenvalue weighted by Gasteiger charge is -2.11. The first-order chi connectivity index (χ1) is 8.18. The van der Waals surface area contributed by atoms with E-state index in [0.717, 1.165) is 6.26 Å². The third kappa shape index (κ3) is 2.94. The van der Waals surface area contributed by atoms with E-state index in [4.69, 9.17) is 12.2 Å². The standard InChI is InChI=1S/C10H14N2O4S2/c1-5-7(10(13)16-3)9(17)12-8(11-5)6(2)18(4,14)15/h6H,1-4H3,(H,11,12,17). The molecule has 100 valence electrons. The number of aromatic amines is 1. The summed E-state index contributed by atoms with van der Waals surface area (Å²) >= 11 is 4.98. The smallest absolute Gasteiger partial charge is 0.342 e. The van der Waals surface area contributed by atoms with Crippen molar-refractivity contribution in [3.63, 3.8) is 0 Å². The van der Waals surface area contributed by atoms with Crippen molar-refractivity contribution < 1.29 is 17.9 Å². The van der Waals surface area contributed by atoms with Gasteiger partial charge < -0.3 is 9.72 Å². The normalized spacial score (nSPS) is 13.1. The molecule has 1 atom stereocenters. The largest absolute Gasteiger partial charge is 0.465 e. The maximum absolute atomic E-state index is 11.5. The fraction of sp³-hybridized carbons (Fsp3) is 0.500. The van der Waals surface area contributed by atoms with Gasteiger partial charge in [0.1, 0.15) is 21.3 Å². The van der Waals surface area contributed by atoms with Crippen molar-refractivity contribution in [2.75, 3.05) is 13.4 Å². The molecule has 1 rings (SSSR count). The molecule has 0 aromatic carbocycles. The van der Waals surface area contributed by atoms with Gasteiger partial charge in [-0.25, -0.2) is 18.2 Å². The molecule has 0 saturated carbocycles. The third-order valence-electron chi connectivity index (χ3n) is 2.54. The van der Waals surface area contributed by atoms with E-state index in [1.807, 2.05) is 0 Å². The minimum absolute atomic E-state index is 0.0311. The summed E-state index contributed by atoms with van der Waals surface area (Å²) in [6.45, 7) is 3.11. The molecule has 0 aliphatic heterocycles. The molecule has 0 fully saturated rings. The van der Waals surface area contributed by atoms with Gasteiger partial charge in [-0.1, -0.05) is 12.2 Å². The van der Waals surface area contributed by atoms with Gasteiger partial charge in [0, 0.05) is 11.9 Å². The van der Waals surface area contributed by atoms with Gasteiger partial charge in [-0.15, -0.1) is 0 Å². The highest BCUT2D eigenvalue weighted by atomic mass is 32.2. The number of nitrogens with one attached hydrogen (secondary N) is 1. The van der Waals surface area contributed by atoms with Crippen LogP contribution in [0.1, 0.15) is 34.0 Å². The molecule has 1 heterocycles. The van der Waals surface area contributed by atoms with E-state index in [9.17, 15) is 13.2 Å². The first-order valence-corrected chi connectivity index (χ1v) is 7.42. The van der Waals surface area contributed by atoms with E-state index >= 15 is 0 Å². The first kappa shape index (κ1) is 14.8. The topological polar surface area (TPSA) is 89.1 Å². The molecule has 0 aliphatic carbocycles. The van der Waals surface area contributed by atoms with Crippen LogP contribution in [0.4, 0.5) is 0 Å². The number of hydrogen-bond acceptors (Lipinski definition) is 6. The number of methoxy groups -OCH3 is 1. The van der Waals surface area contributed by atoms with Crippen LogP contribution < -0.4 is 0 Å². The molecule has 6 nitrogen and oxygen atoms in total. The lowest BCUT2D eigenvalue weighted by Crippen LogP contribution is -2.15. The van der Waals surface area contributed by atoms with Gasteiger partial charge in [-0.2, -0.15) is 0 Å². The summed E-state index contributed by atoms with van der Waals surface area (Å²) in [6.07, 6.45) is 1.11. The van der Waals surface area contributed by atoms with Crippen molar-refractivity contribution in [1.82, 2.24) is 9.97 Å². The Bertz CT molecular complexity index is 634. The average Bonchev–Trinajstić information content (AvgIpc) is 2.25. The quantitative estimate of drug-likeness (QED) is 0.667. The second kappa shape index (κ2) is 5.15. The van der Waals surface area contributed by atoms with Crippen LogP contribution in [0.15, 0.2) is 0 Å². The van der Waals surface area contributed by atoms with E-state index in [0.29, 0.717) is 5.69 Å². The van der Waals surface area contributed by atoms with Crippen LogP contribution in [0.5, 0.6) is 0 Å². The van der Waals surface area contributed by atoms with Crippen LogP contribution in [0.2, 0.25) is 0 Å². The van der Waals surface area contributed by atoms with Crippen LogP contribution in [-0.4, -0.2) is 37.7 Å². The Morgan fingerprint density at radius 1 is 1.50 bits per heavy atom. The SMILES string of the molecule is COC(=O)c1c(C)[nH]c(C(C)S(C)(=O)=O)nc1=S. The monoisotopic (exact) mass is 290 g/mol. The number of H-pyrrole nitrogens is 1. The van der Waals surface area contributed by atoms with Crippen molar-refractivity contribution in [2.45, 2.75) is 19.1 Å². The lowest BCUT2D eigenvalue weighted by molar-refractivity contribution is 0.0598. The number of ether oxygens (including phenoxy) is 1. The number of esters is 1. The van der Waals surface area contributed by atoms with Gasteiger partial charge in [-0.05, 0) is 13.8 Å². The Labute approximate surface area is 110 Å². The molecule has 0 amide bonds. The molecule has 1 N–H and O–H groups in total. The number of aryl methyl sites for hydroxylation is 1. The second-order valence-corrected chi connectivity index (χ2v) is 6.64. The van der Waals surface area contributed by atoms with Crippen molar-refractivity contribution in [3.8, 4) is 0 Å². The predicted molar refractivity (Wildman–Crippen MR) is 68.8 cm³/mol. The molecule has 0 radical (unpaired) electrons. The molecule has 0 aliphatic rings. The average molecular weight is 290 g/mol. The summed E-state index contributed by atoms with van der Waals surface area (Å²) < 4.78 is 27.5. The zero-order chi connectivity index (χ0) is 14.1. The summed E-state index contributed by atoms with van der Waals surface area (Å²) in [5.41, 5.74) is 0.587. The minimum atomic E-state index is -3.28. The lowest BCUT2D eigenvalue weighted by atomic mass is 10.2. The van der Waals surface area contributed by atoms with Crippen molar-refractivity contribution >= 4 is 28.0 Å². The maximum atomic E-state index is 11.5. The van der Waals surface area contributed by atoms with Gasteiger partial charge in [0.2, 0.25) is 0 Å². The van der Waals surface area contributed by atoms with E-state index in [-0.39, 0.29) is 16.0 Å². The van der Waals surface area contributed by atoms with Crippen molar-refractivity contribution in [2.24, 2.45) is 0 Å². The summed E-state index contributed by atoms with van der Waals surface area (Å²) in [4.78, 5) is 18.2. The minimum Gasteiger partial charge on any atom is -0.465 e. The Balaban J connectivity index is 3.41. The zero-order valence-electron chi connectivity index (χ0n) is 10.5. The molecule has 8 heteroatoms. The third-order valence-corrected chi connectivity index (χ3v) is 4.35. The maximum Gasteiger partial charge on any atom is 0.342 e. The number of carbonyl (C=O) groups excluding carboxylic acids is 1. The molecule has 1 unspecified atom stereocenters. The van der Waals surface area contributed by atoms with Gasteiger partial charge in [0.15, 0.2) is 9.84 Å². The number of sulfone groups is 1. The molecule has 0 saturated heterocycles. The highest BCUT2D eigenvalue weighted by molar-refractivity contribution is 7.90. The van der Waals surface area contributed by atoms with Crippen molar-refractivity contribution in [1.29, 1.82) is 0 Å².